The summed E-state index contributed by atoms with van der Waals surface area (Å²) in [4.78, 5) is 11.5. The molecular formula is C13H18N2O3. The van der Waals surface area contributed by atoms with Crippen LogP contribution in [-0.4, -0.2) is 29.8 Å². The van der Waals surface area contributed by atoms with E-state index in [2.05, 4.69) is 5.32 Å². The zero-order valence-corrected chi connectivity index (χ0v) is 10.1. The fraction of sp³-hybridized carbons (Fsp3) is 0.462. The van der Waals surface area contributed by atoms with Crippen LogP contribution >= 0.6 is 0 Å². The molecule has 0 aliphatic heterocycles. The predicted molar refractivity (Wildman–Crippen MR) is 68.1 cm³/mol. The van der Waals surface area contributed by atoms with Gasteiger partial charge in [0.25, 0.3) is 0 Å². The second-order valence-corrected chi connectivity index (χ2v) is 4.53. The molecule has 1 aromatic rings. The monoisotopic (exact) mass is 250 g/mol. The van der Waals surface area contributed by atoms with E-state index >= 15 is 0 Å². The van der Waals surface area contributed by atoms with E-state index in [1.54, 1.807) is 12.1 Å². The molecule has 18 heavy (non-hydrogen) atoms. The molecular weight excluding hydrogens is 232 g/mol. The Morgan fingerprint density at radius 1 is 1.44 bits per heavy atom. The molecule has 0 aromatic heterocycles. The zero-order chi connectivity index (χ0) is 13.0. The second kappa shape index (κ2) is 5.73. The van der Waals surface area contributed by atoms with E-state index in [1.807, 2.05) is 12.1 Å². The fourth-order valence-corrected chi connectivity index (χ4v) is 1.87. The fourth-order valence-electron chi connectivity index (χ4n) is 1.87. The number of amides is 1. The molecule has 0 unspecified atom stereocenters. The van der Waals surface area contributed by atoms with Crippen molar-refractivity contribution in [2.75, 3.05) is 12.3 Å². The molecule has 5 nitrogen and oxygen atoms in total. The molecule has 1 amide bonds. The number of carbonyl (C=O) groups is 1. The van der Waals surface area contributed by atoms with Gasteiger partial charge >= 0.3 is 0 Å². The summed E-state index contributed by atoms with van der Waals surface area (Å²) in [6, 6.07) is 7.31. The quantitative estimate of drug-likeness (QED) is 0.671. The lowest BCUT2D eigenvalue weighted by Gasteiger charge is -2.31. The van der Waals surface area contributed by atoms with Gasteiger partial charge in [-0.15, -0.1) is 0 Å². The van der Waals surface area contributed by atoms with Crippen molar-refractivity contribution in [3.05, 3.63) is 24.3 Å². The third-order valence-corrected chi connectivity index (χ3v) is 2.98. The van der Waals surface area contributed by atoms with E-state index in [-0.39, 0.29) is 18.1 Å². The first kappa shape index (κ1) is 12.7. The van der Waals surface area contributed by atoms with Gasteiger partial charge in [-0.25, -0.2) is 0 Å². The summed E-state index contributed by atoms with van der Waals surface area (Å²) in [6.45, 7) is 0.301. The number of hydrogen-bond donors (Lipinski definition) is 3. The topological polar surface area (TPSA) is 84.6 Å². The summed E-state index contributed by atoms with van der Waals surface area (Å²) in [5.41, 5.74) is 6.28. The summed E-state index contributed by atoms with van der Waals surface area (Å²) in [5, 5.41) is 11.9. The summed E-state index contributed by atoms with van der Waals surface area (Å²) in [7, 11) is 0. The van der Waals surface area contributed by atoms with Gasteiger partial charge in [0.2, 0.25) is 5.91 Å². The number of rotatable bonds is 5. The van der Waals surface area contributed by atoms with Gasteiger partial charge in [-0.05, 0) is 25.0 Å². The molecule has 0 bridgehead atoms. The van der Waals surface area contributed by atoms with E-state index < -0.39 is 0 Å². The van der Waals surface area contributed by atoms with Crippen molar-refractivity contribution in [2.45, 2.75) is 31.4 Å². The Kier molecular flexibility index (Phi) is 4.04. The average Bonchev–Trinajstić information content (AvgIpc) is 2.30. The standard InChI is InChI=1S/C13H18N2O3/c14-11-3-1-2-4-12(11)18-6-5-13(17)15-9-7-10(16)8-9/h1-4,9-10,16H,5-8,14H2,(H,15,17). The molecule has 1 aromatic carbocycles. The Labute approximate surface area is 106 Å². The number of ether oxygens (including phenoxy) is 1. The molecule has 1 aliphatic carbocycles. The minimum atomic E-state index is -0.254. The second-order valence-electron chi connectivity index (χ2n) is 4.53. The summed E-state index contributed by atoms with van der Waals surface area (Å²) in [5.74, 6) is 0.547. The van der Waals surface area contributed by atoms with E-state index in [4.69, 9.17) is 15.6 Å². The lowest BCUT2D eigenvalue weighted by atomic mass is 9.89. The molecule has 0 heterocycles. The molecule has 5 heteroatoms. The Hall–Kier alpha value is -1.75. The van der Waals surface area contributed by atoms with Gasteiger partial charge < -0.3 is 20.9 Å². The van der Waals surface area contributed by atoms with Crippen LogP contribution in [0.25, 0.3) is 0 Å². The number of nitrogens with one attached hydrogen (secondary N) is 1. The van der Waals surface area contributed by atoms with Crippen LogP contribution in [0.5, 0.6) is 5.75 Å². The molecule has 1 saturated carbocycles. The van der Waals surface area contributed by atoms with Crippen LogP contribution in [0.3, 0.4) is 0 Å². The normalized spacial score (nSPS) is 22.1. The van der Waals surface area contributed by atoms with Crippen molar-refractivity contribution >= 4 is 11.6 Å². The predicted octanol–water partition coefficient (Wildman–Crippen LogP) is 0.677. The van der Waals surface area contributed by atoms with Crippen molar-refractivity contribution in [3.63, 3.8) is 0 Å². The Morgan fingerprint density at radius 3 is 2.83 bits per heavy atom. The third-order valence-electron chi connectivity index (χ3n) is 2.98. The summed E-state index contributed by atoms with van der Waals surface area (Å²) in [6.07, 6.45) is 1.34. The number of anilines is 1. The lowest BCUT2D eigenvalue weighted by molar-refractivity contribution is -0.123. The number of nitrogens with two attached hydrogens (primary N) is 1. The Balaban J connectivity index is 1.66. The van der Waals surface area contributed by atoms with Gasteiger partial charge in [0.15, 0.2) is 0 Å². The van der Waals surface area contributed by atoms with Crippen LogP contribution in [0.15, 0.2) is 24.3 Å². The first-order valence-corrected chi connectivity index (χ1v) is 6.10. The first-order valence-electron chi connectivity index (χ1n) is 6.10. The molecule has 0 spiro atoms. The van der Waals surface area contributed by atoms with Crippen molar-refractivity contribution in [1.29, 1.82) is 0 Å². The maximum atomic E-state index is 11.5. The highest BCUT2D eigenvalue weighted by atomic mass is 16.5. The van der Waals surface area contributed by atoms with Crippen LogP contribution < -0.4 is 15.8 Å². The molecule has 0 atom stereocenters. The Bertz CT molecular complexity index is 416. The van der Waals surface area contributed by atoms with Crippen molar-refractivity contribution in [1.82, 2.24) is 5.32 Å². The SMILES string of the molecule is Nc1ccccc1OCCC(=O)NC1CC(O)C1. The van der Waals surface area contributed by atoms with Crippen molar-refractivity contribution in [3.8, 4) is 5.75 Å². The number of para-hydroxylation sites is 2. The Morgan fingerprint density at radius 2 is 2.17 bits per heavy atom. The maximum absolute atomic E-state index is 11.5. The zero-order valence-electron chi connectivity index (χ0n) is 10.1. The molecule has 2 rings (SSSR count). The van der Waals surface area contributed by atoms with Crippen LogP contribution in [0.1, 0.15) is 19.3 Å². The van der Waals surface area contributed by atoms with E-state index in [1.165, 1.54) is 0 Å². The molecule has 98 valence electrons. The van der Waals surface area contributed by atoms with Crippen LogP contribution in [-0.2, 0) is 4.79 Å². The van der Waals surface area contributed by atoms with Gasteiger partial charge in [0.05, 0.1) is 24.8 Å². The first-order chi connectivity index (χ1) is 8.65. The number of aliphatic hydroxyl groups excluding tert-OH is 1. The number of aliphatic hydroxyl groups is 1. The smallest absolute Gasteiger partial charge is 0.223 e. The maximum Gasteiger partial charge on any atom is 0.223 e. The van der Waals surface area contributed by atoms with E-state index in [0.29, 0.717) is 37.3 Å². The van der Waals surface area contributed by atoms with Gasteiger partial charge in [-0.3, -0.25) is 4.79 Å². The number of benzene rings is 1. The average molecular weight is 250 g/mol. The van der Waals surface area contributed by atoms with Crippen LogP contribution in [0.4, 0.5) is 5.69 Å². The van der Waals surface area contributed by atoms with Gasteiger partial charge in [0, 0.05) is 6.04 Å². The highest BCUT2D eigenvalue weighted by Crippen LogP contribution is 2.20. The highest BCUT2D eigenvalue weighted by Gasteiger charge is 2.28. The number of carbonyl (C=O) groups excluding carboxylic acids is 1. The van der Waals surface area contributed by atoms with Crippen LogP contribution in [0.2, 0.25) is 0 Å². The van der Waals surface area contributed by atoms with Gasteiger partial charge in [-0.1, -0.05) is 12.1 Å². The minimum Gasteiger partial charge on any atom is -0.491 e. The van der Waals surface area contributed by atoms with Gasteiger partial charge in [-0.2, -0.15) is 0 Å². The molecule has 1 aliphatic rings. The summed E-state index contributed by atoms with van der Waals surface area (Å²) < 4.78 is 5.43. The van der Waals surface area contributed by atoms with E-state index in [0.717, 1.165) is 0 Å². The third kappa shape index (κ3) is 3.37. The van der Waals surface area contributed by atoms with E-state index in [9.17, 15) is 4.79 Å². The highest BCUT2D eigenvalue weighted by molar-refractivity contribution is 5.76. The summed E-state index contributed by atoms with van der Waals surface area (Å²) >= 11 is 0. The van der Waals surface area contributed by atoms with Crippen molar-refractivity contribution in [2.24, 2.45) is 0 Å². The molecule has 4 N–H and O–H groups in total. The van der Waals surface area contributed by atoms with Gasteiger partial charge in [0.1, 0.15) is 5.75 Å². The lowest BCUT2D eigenvalue weighted by Crippen LogP contribution is -2.46. The van der Waals surface area contributed by atoms with Crippen LogP contribution in [0, 0.1) is 0 Å². The molecule has 1 fully saturated rings. The number of hydrogen-bond acceptors (Lipinski definition) is 4. The van der Waals surface area contributed by atoms with Crippen molar-refractivity contribution < 1.29 is 14.6 Å². The minimum absolute atomic E-state index is 0.0543. The molecule has 0 radical (unpaired) electrons. The largest absolute Gasteiger partial charge is 0.491 e. The molecule has 0 saturated heterocycles. The number of nitrogen functional groups attached to an aromatic ring is 1.